The number of urea groups is 1. The lowest BCUT2D eigenvalue weighted by Gasteiger charge is -2.42. The molecule has 60 heavy (non-hydrogen) atoms. The summed E-state index contributed by atoms with van der Waals surface area (Å²) in [6.07, 6.45) is 4.85. The minimum Gasteiger partial charge on any atom is -0.444 e. The second-order valence-corrected chi connectivity index (χ2v) is 16.1. The van der Waals surface area contributed by atoms with E-state index in [1.165, 1.54) is 17.1 Å². The quantitative estimate of drug-likeness (QED) is 0.178. The smallest absolute Gasteiger partial charge is 0.328 e. The molecule has 2 N–H and O–H groups in total. The van der Waals surface area contributed by atoms with Gasteiger partial charge >= 0.3 is 6.03 Å². The molecule has 8 rings (SSSR count). The van der Waals surface area contributed by atoms with Crippen LogP contribution in [0.15, 0.2) is 47.3 Å². The molecular weight excluding hydrogens is 789 g/mol. The molecule has 1 aromatic carbocycles. The fourth-order valence-electron chi connectivity index (χ4n) is 8.66. The Bertz CT molecular complexity index is 2240. The summed E-state index contributed by atoms with van der Waals surface area (Å²) in [7, 11) is 0. The number of benzene rings is 1. The normalized spacial score (nSPS) is 21.6. The monoisotopic (exact) mass is 834 g/mol. The number of rotatable bonds is 10. The second kappa shape index (κ2) is 17.0. The molecule has 4 aromatic rings. The van der Waals surface area contributed by atoms with Gasteiger partial charge in [0, 0.05) is 87.6 Å². The maximum absolute atomic E-state index is 15.2. The van der Waals surface area contributed by atoms with Crippen molar-refractivity contribution in [2.24, 2.45) is 5.92 Å². The molecule has 5 amide bonds. The summed E-state index contributed by atoms with van der Waals surface area (Å²) in [6, 6.07) is 5.10. The van der Waals surface area contributed by atoms with Crippen molar-refractivity contribution in [3.8, 4) is 11.5 Å². The van der Waals surface area contributed by atoms with Crippen LogP contribution in [-0.4, -0.2) is 105 Å². The number of carbonyl (C=O) groups excluding carboxylic acids is 4. The first kappa shape index (κ1) is 40.9. The van der Waals surface area contributed by atoms with Crippen LogP contribution in [0.5, 0.6) is 0 Å². The van der Waals surface area contributed by atoms with Gasteiger partial charge in [-0.1, -0.05) is 13.8 Å². The van der Waals surface area contributed by atoms with Crippen LogP contribution >= 0.6 is 0 Å². The predicted molar refractivity (Wildman–Crippen MR) is 211 cm³/mol. The standard InChI is InChI=1S/C41H46F4N10O5/c1-23(2)31-17-24(7-10-46-31)39-48-33(22-60-39)38(57)47-32-21-55(50-35(32)37(44)45)27-5-3-26(4-6-27)51-13-15-52(16-14-51)40(58)25-8-11-53(20-25)28-18-29(42)36(30(43)19-28)54-12-9-34(56)49-41(54)59/h7,10,17-19,21-23,25-27,37H,3-6,8-9,11-16,20H2,1-2H3,(H,47,57)(H,49,56,59)/t25-,26?,27?/m1/s1. The van der Waals surface area contributed by atoms with Gasteiger partial charge in [0.25, 0.3) is 12.3 Å². The van der Waals surface area contributed by atoms with Crippen molar-refractivity contribution in [1.82, 2.24) is 34.9 Å². The average Bonchev–Trinajstić information content (AvgIpc) is 4.03. The molecule has 4 aliphatic rings. The highest BCUT2D eigenvalue weighted by Gasteiger charge is 2.37. The van der Waals surface area contributed by atoms with Crippen LogP contribution in [0.2, 0.25) is 0 Å². The number of imide groups is 1. The van der Waals surface area contributed by atoms with E-state index in [0.29, 0.717) is 64.1 Å². The van der Waals surface area contributed by atoms with Gasteiger partial charge in [-0.25, -0.2) is 27.3 Å². The van der Waals surface area contributed by atoms with Crippen LogP contribution in [0.25, 0.3) is 11.5 Å². The number of oxazole rings is 1. The zero-order valence-electron chi connectivity index (χ0n) is 33.3. The first-order valence-electron chi connectivity index (χ1n) is 20.3. The molecule has 0 radical (unpaired) electrons. The molecular formula is C41H46F4N10O5. The summed E-state index contributed by atoms with van der Waals surface area (Å²) < 4.78 is 65.7. The third-order valence-corrected chi connectivity index (χ3v) is 12.0. The average molecular weight is 835 g/mol. The number of amides is 5. The lowest BCUT2D eigenvalue weighted by atomic mass is 9.90. The Morgan fingerprint density at radius 3 is 2.33 bits per heavy atom. The van der Waals surface area contributed by atoms with Crippen LogP contribution in [0, 0.1) is 17.6 Å². The van der Waals surface area contributed by atoms with Crippen molar-refractivity contribution < 1.29 is 41.2 Å². The van der Waals surface area contributed by atoms with Crippen molar-refractivity contribution in [3.05, 3.63) is 71.6 Å². The van der Waals surface area contributed by atoms with Crippen molar-refractivity contribution in [2.75, 3.05) is 60.9 Å². The van der Waals surface area contributed by atoms with Crippen molar-refractivity contribution in [2.45, 2.75) is 76.8 Å². The SMILES string of the molecule is CC(C)c1cc(-c2nc(C(=O)Nc3cn(C4CCC(N5CCN(C(=O)[C@@H]6CCN(c7cc(F)c(N8CCC(=O)NC8=O)c(F)c7)C6)CC5)CC4)nc3C(F)F)co2)ccn1. The Kier molecular flexibility index (Phi) is 11.6. The van der Waals surface area contributed by atoms with E-state index in [1.54, 1.807) is 17.2 Å². The maximum atomic E-state index is 15.2. The summed E-state index contributed by atoms with van der Waals surface area (Å²) >= 11 is 0. The summed E-state index contributed by atoms with van der Waals surface area (Å²) in [4.78, 5) is 65.9. The molecule has 0 spiro atoms. The van der Waals surface area contributed by atoms with E-state index >= 15 is 8.78 Å². The molecule has 318 valence electrons. The molecule has 19 heteroatoms. The largest absolute Gasteiger partial charge is 0.444 e. The van der Waals surface area contributed by atoms with Gasteiger partial charge in [0.1, 0.15) is 12.0 Å². The van der Waals surface area contributed by atoms with E-state index in [1.807, 2.05) is 24.8 Å². The molecule has 3 aromatic heterocycles. The van der Waals surface area contributed by atoms with E-state index in [4.69, 9.17) is 4.42 Å². The van der Waals surface area contributed by atoms with Crippen LogP contribution in [0.4, 0.5) is 39.4 Å². The first-order valence-corrected chi connectivity index (χ1v) is 20.3. The molecule has 6 heterocycles. The highest BCUT2D eigenvalue weighted by Crippen LogP contribution is 2.36. The van der Waals surface area contributed by atoms with Crippen LogP contribution in [-0.2, 0) is 9.59 Å². The zero-order valence-corrected chi connectivity index (χ0v) is 33.3. The van der Waals surface area contributed by atoms with Crippen molar-refractivity contribution >= 4 is 40.8 Å². The fourth-order valence-corrected chi connectivity index (χ4v) is 8.66. The lowest BCUT2D eigenvalue weighted by molar-refractivity contribution is -0.137. The van der Waals surface area contributed by atoms with Gasteiger partial charge in [0.05, 0.1) is 17.6 Å². The zero-order chi connectivity index (χ0) is 42.2. The number of halogens is 4. The Morgan fingerprint density at radius 2 is 1.65 bits per heavy atom. The minimum atomic E-state index is -2.91. The molecule has 1 saturated carbocycles. The van der Waals surface area contributed by atoms with Crippen molar-refractivity contribution in [3.63, 3.8) is 0 Å². The first-order chi connectivity index (χ1) is 28.8. The summed E-state index contributed by atoms with van der Waals surface area (Å²) in [5.74, 6) is -3.00. The number of aromatic nitrogens is 4. The number of carbonyl (C=O) groups is 4. The number of nitrogens with zero attached hydrogens (tertiary/aromatic N) is 8. The number of hydrogen-bond donors (Lipinski definition) is 2. The fraction of sp³-hybridized carbons (Fsp3) is 0.488. The Morgan fingerprint density at radius 1 is 0.933 bits per heavy atom. The van der Waals surface area contributed by atoms with Gasteiger partial charge in [-0.15, -0.1) is 0 Å². The number of alkyl halides is 2. The molecule has 0 unspecified atom stereocenters. The van der Waals surface area contributed by atoms with Gasteiger partial charge in [-0.3, -0.25) is 39.2 Å². The number of anilines is 3. The van der Waals surface area contributed by atoms with Gasteiger partial charge in [-0.2, -0.15) is 5.10 Å². The Balaban J connectivity index is 0.816. The van der Waals surface area contributed by atoms with E-state index in [-0.39, 0.29) is 65.8 Å². The molecule has 1 aliphatic carbocycles. The second-order valence-electron chi connectivity index (χ2n) is 16.1. The number of piperazine rings is 1. The van der Waals surface area contributed by atoms with Gasteiger partial charge in [-0.05, 0) is 62.3 Å². The number of pyridine rings is 1. The molecule has 3 aliphatic heterocycles. The molecule has 15 nitrogen and oxygen atoms in total. The summed E-state index contributed by atoms with van der Waals surface area (Å²) in [5, 5.41) is 8.83. The van der Waals surface area contributed by atoms with E-state index in [2.05, 4.69) is 30.6 Å². The van der Waals surface area contributed by atoms with E-state index < -0.39 is 47.3 Å². The third-order valence-electron chi connectivity index (χ3n) is 12.0. The van der Waals surface area contributed by atoms with E-state index in [0.717, 1.165) is 35.6 Å². The highest BCUT2D eigenvalue weighted by molar-refractivity contribution is 6.06. The van der Waals surface area contributed by atoms with Gasteiger partial charge in [0.15, 0.2) is 23.0 Å². The molecule has 4 fully saturated rings. The lowest BCUT2D eigenvalue weighted by Crippen LogP contribution is -2.53. The minimum absolute atomic E-state index is 0.00227. The number of hydrogen-bond acceptors (Lipinski definition) is 10. The number of nitrogens with one attached hydrogen (secondary N) is 2. The maximum Gasteiger partial charge on any atom is 0.328 e. The topological polar surface area (TPSA) is 162 Å². The van der Waals surface area contributed by atoms with Crippen LogP contribution < -0.4 is 20.4 Å². The Hall–Kier alpha value is -5.85. The predicted octanol–water partition coefficient (Wildman–Crippen LogP) is 6.13. The highest BCUT2D eigenvalue weighted by atomic mass is 19.3. The van der Waals surface area contributed by atoms with Crippen LogP contribution in [0.1, 0.15) is 92.6 Å². The molecule has 3 saturated heterocycles. The van der Waals surface area contributed by atoms with Crippen LogP contribution in [0.3, 0.4) is 0 Å². The third kappa shape index (κ3) is 8.44. The Labute approximate surface area is 343 Å². The van der Waals surface area contributed by atoms with Crippen molar-refractivity contribution in [1.29, 1.82) is 0 Å². The molecule has 0 bridgehead atoms. The summed E-state index contributed by atoms with van der Waals surface area (Å²) in [6.45, 7) is 7.07. The van der Waals surface area contributed by atoms with Gasteiger partial charge < -0.3 is 19.5 Å². The summed E-state index contributed by atoms with van der Waals surface area (Å²) in [5.41, 5.74) is 0.581. The molecule has 1 atom stereocenters. The van der Waals surface area contributed by atoms with E-state index in [9.17, 15) is 28.0 Å². The van der Waals surface area contributed by atoms with Gasteiger partial charge in [0.2, 0.25) is 17.7 Å².